The van der Waals surface area contributed by atoms with Gasteiger partial charge in [0.2, 0.25) is 0 Å². The summed E-state index contributed by atoms with van der Waals surface area (Å²) in [6.45, 7) is 2.13. The maximum Gasteiger partial charge on any atom is 0.0925 e. The number of hydrogen-bond acceptors (Lipinski definition) is 2. The van der Waals surface area contributed by atoms with Crippen molar-refractivity contribution in [2.75, 3.05) is 0 Å². The minimum Gasteiger partial charge on any atom is -0.245 e. The van der Waals surface area contributed by atoms with Gasteiger partial charge >= 0.3 is 0 Å². The van der Waals surface area contributed by atoms with Crippen molar-refractivity contribution in [2.45, 2.75) is 17.8 Å². The molecule has 50 valence electrons. The lowest BCUT2D eigenvalue weighted by Crippen LogP contribution is -1.78. The molecule has 1 rings (SSSR count). The number of rotatable bonds is 2. The highest BCUT2D eigenvalue weighted by atomic mass is 127. The second kappa shape index (κ2) is 3.51. The van der Waals surface area contributed by atoms with Crippen molar-refractivity contribution in [3.8, 4) is 0 Å². The number of aromatic nitrogens is 1. The molecule has 1 heterocycles. The van der Waals surface area contributed by atoms with Crippen LogP contribution in [0.15, 0.2) is 5.38 Å². The van der Waals surface area contributed by atoms with E-state index < -0.39 is 0 Å². The van der Waals surface area contributed by atoms with Crippen molar-refractivity contribution < 1.29 is 0 Å². The molecule has 0 radical (unpaired) electrons. The van der Waals surface area contributed by atoms with Gasteiger partial charge in [-0.05, 0) is 6.42 Å². The molecule has 0 aliphatic carbocycles. The summed E-state index contributed by atoms with van der Waals surface area (Å²) in [5.41, 5.74) is 1.22. The van der Waals surface area contributed by atoms with Crippen LogP contribution in [0, 0.1) is 0 Å². The standard InChI is InChI=1S/C6H8INS/c1-2-6-8-5(3-7)4-9-6/h4H,2-3H2,1H3. The molecule has 0 unspecified atom stereocenters. The zero-order chi connectivity index (χ0) is 6.69. The van der Waals surface area contributed by atoms with Gasteiger partial charge in [-0.1, -0.05) is 29.5 Å². The fourth-order valence-electron chi connectivity index (χ4n) is 0.573. The smallest absolute Gasteiger partial charge is 0.0925 e. The third-order valence-corrected chi connectivity index (χ3v) is 2.86. The van der Waals surface area contributed by atoms with Gasteiger partial charge in [-0.25, -0.2) is 4.98 Å². The van der Waals surface area contributed by atoms with Crippen LogP contribution in [0.2, 0.25) is 0 Å². The van der Waals surface area contributed by atoms with Crippen LogP contribution in [0.4, 0.5) is 0 Å². The Morgan fingerprint density at radius 3 is 2.89 bits per heavy atom. The molecule has 1 aromatic heterocycles. The van der Waals surface area contributed by atoms with Crippen LogP contribution in [-0.2, 0) is 10.8 Å². The van der Waals surface area contributed by atoms with Crippen LogP contribution in [0.3, 0.4) is 0 Å². The van der Waals surface area contributed by atoms with Crippen LogP contribution < -0.4 is 0 Å². The highest BCUT2D eigenvalue weighted by Gasteiger charge is 1.95. The summed E-state index contributed by atoms with van der Waals surface area (Å²) in [4.78, 5) is 4.36. The van der Waals surface area contributed by atoms with E-state index in [0.29, 0.717) is 0 Å². The zero-order valence-corrected chi connectivity index (χ0v) is 8.20. The van der Waals surface area contributed by atoms with E-state index in [1.165, 1.54) is 10.7 Å². The summed E-state index contributed by atoms with van der Waals surface area (Å²) in [5.74, 6) is 0. The molecule has 0 aliphatic heterocycles. The number of aryl methyl sites for hydroxylation is 1. The first-order valence-electron chi connectivity index (χ1n) is 2.86. The van der Waals surface area contributed by atoms with Gasteiger partial charge in [0.15, 0.2) is 0 Å². The zero-order valence-electron chi connectivity index (χ0n) is 5.22. The lowest BCUT2D eigenvalue weighted by Gasteiger charge is -1.82. The maximum atomic E-state index is 4.36. The molecular formula is C6H8INS. The summed E-state index contributed by atoms with van der Waals surface area (Å²) >= 11 is 4.09. The van der Waals surface area contributed by atoms with Crippen molar-refractivity contribution in [1.29, 1.82) is 0 Å². The second-order valence-corrected chi connectivity index (χ2v) is 3.43. The summed E-state index contributed by atoms with van der Waals surface area (Å²) in [6.07, 6.45) is 1.07. The Labute approximate surface area is 72.6 Å². The fourth-order valence-corrected chi connectivity index (χ4v) is 2.01. The van der Waals surface area contributed by atoms with Gasteiger partial charge in [-0.3, -0.25) is 0 Å². The lowest BCUT2D eigenvalue weighted by molar-refractivity contribution is 1.06. The maximum absolute atomic E-state index is 4.36. The molecule has 0 amide bonds. The number of hydrogen-bond donors (Lipinski definition) is 0. The molecule has 1 aromatic rings. The van der Waals surface area contributed by atoms with Crippen molar-refractivity contribution in [2.24, 2.45) is 0 Å². The number of halogens is 1. The molecule has 0 atom stereocenters. The minimum absolute atomic E-state index is 1.04. The van der Waals surface area contributed by atoms with Gasteiger partial charge in [0.05, 0.1) is 10.7 Å². The van der Waals surface area contributed by atoms with E-state index in [4.69, 9.17) is 0 Å². The van der Waals surface area contributed by atoms with Crippen LogP contribution in [-0.4, -0.2) is 4.98 Å². The predicted molar refractivity (Wildman–Crippen MR) is 49.2 cm³/mol. The molecule has 1 nitrogen and oxygen atoms in total. The summed E-state index contributed by atoms with van der Waals surface area (Å²) in [7, 11) is 0. The van der Waals surface area contributed by atoms with Crippen LogP contribution in [0.1, 0.15) is 17.6 Å². The summed E-state index contributed by atoms with van der Waals surface area (Å²) < 4.78 is 1.04. The molecular weight excluding hydrogens is 245 g/mol. The van der Waals surface area contributed by atoms with E-state index in [1.807, 2.05) is 0 Å². The van der Waals surface area contributed by atoms with Crippen LogP contribution in [0.5, 0.6) is 0 Å². The Kier molecular flexibility index (Phi) is 2.91. The number of thiazole rings is 1. The Morgan fingerprint density at radius 1 is 1.78 bits per heavy atom. The first-order chi connectivity index (χ1) is 4.36. The third-order valence-electron chi connectivity index (χ3n) is 1.04. The van der Waals surface area contributed by atoms with Crippen molar-refractivity contribution in [3.05, 3.63) is 16.1 Å². The van der Waals surface area contributed by atoms with E-state index in [9.17, 15) is 0 Å². The van der Waals surface area contributed by atoms with Gasteiger partial charge < -0.3 is 0 Å². The monoisotopic (exact) mass is 253 g/mol. The van der Waals surface area contributed by atoms with E-state index in [0.717, 1.165) is 10.8 Å². The molecule has 0 saturated carbocycles. The first kappa shape index (κ1) is 7.47. The average molecular weight is 253 g/mol. The molecule has 0 saturated heterocycles. The quantitative estimate of drug-likeness (QED) is 0.583. The van der Waals surface area contributed by atoms with Gasteiger partial charge in [0, 0.05) is 9.81 Å². The molecule has 3 heteroatoms. The van der Waals surface area contributed by atoms with Crippen LogP contribution in [0.25, 0.3) is 0 Å². The SMILES string of the molecule is CCc1nc(CI)cs1. The third kappa shape index (κ3) is 1.89. The molecule has 9 heavy (non-hydrogen) atoms. The van der Waals surface area contributed by atoms with Gasteiger partial charge in [0.25, 0.3) is 0 Å². The van der Waals surface area contributed by atoms with Crippen molar-refractivity contribution in [3.63, 3.8) is 0 Å². The first-order valence-corrected chi connectivity index (χ1v) is 5.26. The van der Waals surface area contributed by atoms with E-state index in [2.05, 4.69) is 39.9 Å². The largest absolute Gasteiger partial charge is 0.245 e. The molecule has 0 fully saturated rings. The van der Waals surface area contributed by atoms with Crippen LogP contribution >= 0.6 is 33.9 Å². The molecule has 0 spiro atoms. The summed E-state index contributed by atoms with van der Waals surface area (Å²) in [6, 6.07) is 0. The Morgan fingerprint density at radius 2 is 2.56 bits per heavy atom. The Bertz CT molecular complexity index is 166. The van der Waals surface area contributed by atoms with E-state index in [1.54, 1.807) is 11.3 Å². The van der Waals surface area contributed by atoms with Gasteiger partial charge in [-0.2, -0.15) is 0 Å². The van der Waals surface area contributed by atoms with E-state index >= 15 is 0 Å². The molecule has 0 N–H and O–H groups in total. The lowest BCUT2D eigenvalue weighted by atomic mass is 10.5. The molecule has 0 aromatic carbocycles. The average Bonchev–Trinajstić information content (AvgIpc) is 2.34. The highest BCUT2D eigenvalue weighted by molar-refractivity contribution is 14.1. The van der Waals surface area contributed by atoms with Gasteiger partial charge in [-0.15, -0.1) is 11.3 Å². The second-order valence-electron chi connectivity index (χ2n) is 1.72. The van der Waals surface area contributed by atoms with Gasteiger partial charge in [0.1, 0.15) is 0 Å². The number of nitrogens with zero attached hydrogens (tertiary/aromatic N) is 1. The Balaban J connectivity index is 2.74. The van der Waals surface area contributed by atoms with Crippen molar-refractivity contribution in [1.82, 2.24) is 4.98 Å². The Hall–Kier alpha value is 0.360. The highest BCUT2D eigenvalue weighted by Crippen LogP contribution is 2.12. The fraction of sp³-hybridized carbons (Fsp3) is 0.500. The molecule has 0 aliphatic rings. The summed E-state index contributed by atoms with van der Waals surface area (Å²) in [5, 5.41) is 3.38. The predicted octanol–water partition coefficient (Wildman–Crippen LogP) is 2.64. The normalized spacial score (nSPS) is 10.0. The molecule has 0 bridgehead atoms. The topological polar surface area (TPSA) is 12.9 Å². The van der Waals surface area contributed by atoms with Crippen molar-refractivity contribution >= 4 is 33.9 Å². The van der Waals surface area contributed by atoms with E-state index in [-0.39, 0.29) is 0 Å². The number of alkyl halides is 1. The minimum atomic E-state index is 1.04.